The van der Waals surface area contributed by atoms with Crippen molar-refractivity contribution >= 4 is 43.6 Å². The number of hydrogen-bond acceptors (Lipinski definition) is 5. The molecule has 5 aromatic rings. The fourth-order valence-corrected chi connectivity index (χ4v) is 5.07. The van der Waals surface area contributed by atoms with Crippen molar-refractivity contribution in [2.45, 2.75) is 6.04 Å². The Kier molecular flexibility index (Phi) is 3.82. The van der Waals surface area contributed by atoms with Crippen molar-refractivity contribution in [2.24, 2.45) is 0 Å². The molecule has 6 rings (SSSR count). The summed E-state index contributed by atoms with van der Waals surface area (Å²) in [5.74, 6) is -0.796. The number of halogens is 1. The van der Waals surface area contributed by atoms with E-state index in [-0.39, 0.29) is 17.0 Å². The highest BCUT2D eigenvalue weighted by molar-refractivity contribution is 7.22. The molecule has 5 nitrogen and oxygen atoms in total. The van der Waals surface area contributed by atoms with Crippen LogP contribution in [-0.4, -0.2) is 10.9 Å². The van der Waals surface area contributed by atoms with E-state index in [4.69, 9.17) is 4.42 Å². The first-order chi connectivity index (χ1) is 15.1. The standard InChI is InChI=1S/C24H13FN2O3S/c25-14-10-11-16-18(12-14)31-24(26-16)27-20(13-6-2-1-3-7-13)19-21(28)15-8-4-5-9-17(15)30-22(19)23(27)29/h1-12,20H/t20-/m1/s1. The lowest BCUT2D eigenvalue weighted by Crippen LogP contribution is -2.29. The summed E-state index contributed by atoms with van der Waals surface area (Å²) in [7, 11) is 0. The van der Waals surface area contributed by atoms with Gasteiger partial charge in [0.15, 0.2) is 10.6 Å². The Balaban J connectivity index is 1.64. The van der Waals surface area contributed by atoms with Crippen LogP contribution < -0.4 is 10.3 Å². The molecule has 7 heteroatoms. The number of amides is 1. The molecule has 1 aliphatic heterocycles. The van der Waals surface area contributed by atoms with Crippen molar-refractivity contribution in [1.29, 1.82) is 0 Å². The zero-order valence-corrected chi connectivity index (χ0v) is 16.7. The van der Waals surface area contributed by atoms with E-state index < -0.39 is 11.9 Å². The third-order valence-corrected chi connectivity index (χ3v) is 6.46. The Labute approximate surface area is 179 Å². The molecule has 0 N–H and O–H groups in total. The number of thiazole rings is 1. The lowest BCUT2D eigenvalue weighted by atomic mass is 9.99. The summed E-state index contributed by atoms with van der Waals surface area (Å²) in [6.07, 6.45) is 0. The number of anilines is 1. The second-order valence-electron chi connectivity index (χ2n) is 7.27. The summed E-state index contributed by atoms with van der Waals surface area (Å²) in [4.78, 5) is 33.0. The van der Waals surface area contributed by atoms with Crippen LogP contribution in [0.2, 0.25) is 0 Å². The summed E-state index contributed by atoms with van der Waals surface area (Å²) >= 11 is 1.20. The first-order valence-electron chi connectivity index (χ1n) is 9.62. The molecule has 0 aliphatic carbocycles. The van der Waals surface area contributed by atoms with Gasteiger partial charge in [0.05, 0.1) is 27.2 Å². The summed E-state index contributed by atoms with van der Waals surface area (Å²) in [5.41, 5.74) is 1.76. The average molecular weight is 428 g/mol. The van der Waals surface area contributed by atoms with Crippen LogP contribution in [-0.2, 0) is 0 Å². The van der Waals surface area contributed by atoms with Gasteiger partial charge in [-0.05, 0) is 35.9 Å². The second kappa shape index (κ2) is 6.58. The molecule has 0 saturated carbocycles. The lowest BCUT2D eigenvalue weighted by molar-refractivity contribution is 0.0971. The zero-order valence-electron chi connectivity index (χ0n) is 15.9. The summed E-state index contributed by atoms with van der Waals surface area (Å²) in [6.45, 7) is 0. The minimum absolute atomic E-state index is 0.0167. The largest absolute Gasteiger partial charge is 0.450 e. The van der Waals surface area contributed by atoms with Gasteiger partial charge in [-0.1, -0.05) is 53.8 Å². The molecule has 0 spiro atoms. The third kappa shape index (κ3) is 2.63. The van der Waals surface area contributed by atoms with Crippen LogP contribution in [0.5, 0.6) is 0 Å². The molecular weight excluding hydrogens is 415 g/mol. The zero-order chi connectivity index (χ0) is 21.1. The maximum Gasteiger partial charge on any atom is 0.297 e. The van der Waals surface area contributed by atoms with Crippen molar-refractivity contribution in [3.05, 3.63) is 106 Å². The van der Waals surface area contributed by atoms with Gasteiger partial charge in [-0.3, -0.25) is 14.5 Å². The van der Waals surface area contributed by atoms with Gasteiger partial charge in [0.2, 0.25) is 5.76 Å². The van der Waals surface area contributed by atoms with Crippen LogP contribution in [0.4, 0.5) is 9.52 Å². The molecule has 150 valence electrons. The Morgan fingerprint density at radius 1 is 0.968 bits per heavy atom. The molecule has 2 aromatic heterocycles. The average Bonchev–Trinajstić information content (AvgIpc) is 3.33. The van der Waals surface area contributed by atoms with Crippen LogP contribution in [0.15, 0.2) is 82.0 Å². The number of rotatable bonds is 2. The minimum Gasteiger partial charge on any atom is -0.450 e. The molecule has 0 radical (unpaired) electrons. The number of carbonyl (C=O) groups is 1. The molecule has 0 unspecified atom stereocenters. The van der Waals surface area contributed by atoms with E-state index in [2.05, 4.69) is 4.98 Å². The number of aromatic nitrogens is 1. The predicted molar refractivity (Wildman–Crippen MR) is 117 cm³/mol. The highest BCUT2D eigenvalue weighted by Crippen LogP contribution is 2.43. The Morgan fingerprint density at radius 3 is 2.58 bits per heavy atom. The van der Waals surface area contributed by atoms with Crippen molar-refractivity contribution in [3.8, 4) is 0 Å². The van der Waals surface area contributed by atoms with Crippen molar-refractivity contribution < 1.29 is 13.6 Å². The van der Waals surface area contributed by atoms with Crippen LogP contribution in [0.1, 0.15) is 27.7 Å². The smallest absolute Gasteiger partial charge is 0.297 e. The third-order valence-electron chi connectivity index (χ3n) is 5.44. The number of hydrogen-bond donors (Lipinski definition) is 0. The maximum atomic E-state index is 13.7. The molecule has 3 heterocycles. The molecule has 1 atom stereocenters. The van der Waals surface area contributed by atoms with Gasteiger partial charge in [0, 0.05) is 0 Å². The van der Waals surface area contributed by atoms with Gasteiger partial charge in [-0.15, -0.1) is 0 Å². The van der Waals surface area contributed by atoms with Crippen molar-refractivity contribution in [2.75, 3.05) is 4.90 Å². The predicted octanol–water partition coefficient (Wildman–Crippen LogP) is 5.29. The molecule has 3 aromatic carbocycles. The summed E-state index contributed by atoms with van der Waals surface area (Å²) in [5, 5.41) is 0.803. The Hall–Kier alpha value is -3.84. The highest BCUT2D eigenvalue weighted by atomic mass is 32.1. The Morgan fingerprint density at radius 2 is 1.74 bits per heavy atom. The van der Waals surface area contributed by atoms with Crippen LogP contribution >= 0.6 is 11.3 Å². The molecular formula is C24H13FN2O3S. The van der Waals surface area contributed by atoms with E-state index in [0.29, 0.717) is 31.9 Å². The van der Waals surface area contributed by atoms with Gasteiger partial charge in [-0.25, -0.2) is 9.37 Å². The number of fused-ring (bicyclic) bond motifs is 3. The van der Waals surface area contributed by atoms with E-state index in [1.165, 1.54) is 28.4 Å². The number of carbonyl (C=O) groups excluding carboxylic acids is 1. The van der Waals surface area contributed by atoms with E-state index in [9.17, 15) is 14.0 Å². The minimum atomic E-state index is -0.685. The van der Waals surface area contributed by atoms with Gasteiger partial charge < -0.3 is 4.42 Å². The molecule has 1 amide bonds. The first kappa shape index (κ1) is 18.0. The van der Waals surface area contributed by atoms with E-state index >= 15 is 0 Å². The molecule has 0 saturated heterocycles. The van der Waals surface area contributed by atoms with Crippen molar-refractivity contribution in [1.82, 2.24) is 4.98 Å². The van der Waals surface area contributed by atoms with Gasteiger partial charge in [0.25, 0.3) is 5.91 Å². The number of para-hydroxylation sites is 1. The molecule has 1 aliphatic rings. The lowest BCUT2D eigenvalue weighted by Gasteiger charge is -2.22. The van der Waals surface area contributed by atoms with Gasteiger partial charge >= 0.3 is 0 Å². The molecule has 0 fully saturated rings. The van der Waals surface area contributed by atoms with E-state index in [0.717, 1.165) is 5.56 Å². The Bertz CT molecular complexity index is 1560. The topological polar surface area (TPSA) is 63.4 Å². The van der Waals surface area contributed by atoms with Crippen LogP contribution in [0.3, 0.4) is 0 Å². The SMILES string of the molecule is O=C1c2oc3ccccc3c(=O)c2[C@@H](c2ccccc2)N1c1nc2ccc(F)cc2s1. The fraction of sp³-hybridized carbons (Fsp3) is 0.0417. The summed E-state index contributed by atoms with van der Waals surface area (Å²) in [6, 6.07) is 19.8. The van der Waals surface area contributed by atoms with Gasteiger partial charge in [-0.2, -0.15) is 0 Å². The van der Waals surface area contributed by atoms with Gasteiger partial charge in [0.1, 0.15) is 11.4 Å². The summed E-state index contributed by atoms with van der Waals surface area (Å²) < 4.78 is 20.3. The van der Waals surface area contributed by atoms with Crippen LogP contribution in [0.25, 0.3) is 21.2 Å². The van der Waals surface area contributed by atoms with Crippen LogP contribution in [0, 0.1) is 5.82 Å². The fourth-order valence-electron chi connectivity index (χ4n) is 4.06. The molecule has 0 bridgehead atoms. The monoisotopic (exact) mass is 428 g/mol. The van der Waals surface area contributed by atoms with E-state index in [1.807, 2.05) is 30.3 Å². The molecule has 31 heavy (non-hydrogen) atoms. The normalized spacial score (nSPS) is 15.7. The van der Waals surface area contributed by atoms with E-state index in [1.54, 1.807) is 30.3 Å². The highest BCUT2D eigenvalue weighted by Gasteiger charge is 2.44. The number of nitrogens with zero attached hydrogens (tertiary/aromatic N) is 2. The first-order valence-corrected chi connectivity index (χ1v) is 10.4. The second-order valence-corrected chi connectivity index (χ2v) is 8.28. The quantitative estimate of drug-likeness (QED) is 0.383. The maximum absolute atomic E-state index is 13.7. The number of benzene rings is 3. The van der Waals surface area contributed by atoms with Crippen molar-refractivity contribution in [3.63, 3.8) is 0 Å².